The first kappa shape index (κ1) is 15.8. The minimum atomic E-state index is -0.301. The van der Waals surface area contributed by atoms with Crippen molar-refractivity contribution in [3.05, 3.63) is 57.8 Å². The third-order valence-electron chi connectivity index (χ3n) is 3.00. The van der Waals surface area contributed by atoms with E-state index in [1.165, 1.54) is 12.1 Å². The first-order valence-electron chi connectivity index (χ1n) is 6.57. The number of nitrogens with two attached hydrogens (primary N) is 1. The first-order chi connectivity index (χ1) is 10.1. The van der Waals surface area contributed by atoms with Crippen LogP contribution in [0.15, 0.2) is 40.9 Å². The molecular weight excluding hydrogens is 337 g/mol. The maximum atomic E-state index is 13.4. The Bertz CT molecular complexity index is 599. The summed E-state index contributed by atoms with van der Waals surface area (Å²) in [6.45, 7) is 0.781. The molecule has 112 valence electrons. The Balaban J connectivity index is 2.22. The van der Waals surface area contributed by atoms with E-state index in [2.05, 4.69) is 15.9 Å². The van der Waals surface area contributed by atoms with Gasteiger partial charge in [0.25, 0.3) is 0 Å². The maximum Gasteiger partial charge on any atom is 0.164 e. The summed E-state index contributed by atoms with van der Waals surface area (Å²) in [5, 5.41) is 0. The third kappa shape index (κ3) is 4.19. The number of ether oxygens (including phenoxy) is 2. The van der Waals surface area contributed by atoms with Crippen LogP contribution in [0.5, 0.6) is 11.5 Å². The number of para-hydroxylation sites is 1. The van der Waals surface area contributed by atoms with E-state index in [9.17, 15) is 4.39 Å². The van der Waals surface area contributed by atoms with Crippen molar-refractivity contribution in [1.29, 1.82) is 0 Å². The number of methoxy groups -OCH3 is 1. The van der Waals surface area contributed by atoms with E-state index in [-0.39, 0.29) is 12.4 Å². The summed E-state index contributed by atoms with van der Waals surface area (Å²) in [6, 6.07) is 10.4. The molecule has 5 heteroatoms. The van der Waals surface area contributed by atoms with Gasteiger partial charge in [-0.1, -0.05) is 28.1 Å². The highest BCUT2D eigenvalue weighted by molar-refractivity contribution is 9.10. The van der Waals surface area contributed by atoms with Gasteiger partial charge in [-0.3, -0.25) is 0 Å². The van der Waals surface area contributed by atoms with Crippen LogP contribution in [0.3, 0.4) is 0 Å². The van der Waals surface area contributed by atoms with Gasteiger partial charge in [0.2, 0.25) is 0 Å². The molecule has 2 N–H and O–H groups in total. The van der Waals surface area contributed by atoms with Gasteiger partial charge in [0.1, 0.15) is 12.4 Å². The molecule has 0 bridgehead atoms. The summed E-state index contributed by atoms with van der Waals surface area (Å²) in [5.74, 6) is 1.01. The first-order valence-corrected chi connectivity index (χ1v) is 7.37. The molecule has 0 radical (unpaired) electrons. The standard InChI is InChI=1S/C16H17BrFNO2/c1-20-15-4-2-3-12(5-6-19)16(15)21-10-11-7-13(17)9-14(18)8-11/h2-4,7-9H,5-6,10,19H2,1H3. The van der Waals surface area contributed by atoms with Crippen molar-refractivity contribution in [2.24, 2.45) is 5.73 Å². The zero-order valence-electron chi connectivity index (χ0n) is 11.7. The van der Waals surface area contributed by atoms with Gasteiger partial charge in [-0.25, -0.2) is 4.39 Å². The van der Waals surface area contributed by atoms with E-state index in [1.54, 1.807) is 7.11 Å². The Kier molecular flexibility index (Phi) is 5.59. The molecule has 0 saturated heterocycles. The van der Waals surface area contributed by atoms with Crippen molar-refractivity contribution in [3.63, 3.8) is 0 Å². The Hall–Kier alpha value is -1.59. The van der Waals surface area contributed by atoms with E-state index in [0.717, 1.165) is 11.1 Å². The lowest BCUT2D eigenvalue weighted by Crippen LogP contribution is -2.06. The van der Waals surface area contributed by atoms with Crippen LogP contribution in [0.2, 0.25) is 0 Å². The summed E-state index contributed by atoms with van der Waals surface area (Å²) >= 11 is 3.27. The highest BCUT2D eigenvalue weighted by Gasteiger charge is 2.11. The Morgan fingerprint density at radius 2 is 2.05 bits per heavy atom. The molecule has 0 fully saturated rings. The van der Waals surface area contributed by atoms with Gasteiger partial charge < -0.3 is 15.2 Å². The minimum Gasteiger partial charge on any atom is -0.493 e. The van der Waals surface area contributed by atoms with Crippen molar-refractivity contribution < 1.29 is 13.9 Å². The van der Waals surface area contributed by atoms with Crippen LogP contribution in [-0.2, 0) is 13.0 Å². The summed E-state index contributed by atoms with van der Waals surface area (Å²) in [4.78, 5) is 0. The second-order valence-corrected chi connectivity index (χ2v) is 5.47. The lowest BCUT2D eigenvalue weighted by molar-refractivity contribution is 0.281. The van der Waals surface area contributed by atoms with Crippen LogP contribution >= 0.6 is 15.9 Å². The molecule has 0 amide bonds. The molecule has 21 heavy (non-hydrogen) atoms. The maximum absolute atomic E-state index is 13.4. The van der Waals surface area contributed by atoms with Gasteiger partial charge in [-0.15, -0.1) is 0 Å². The molecule has 0 saturated carbocycles. The predicted molar refractivity (Wildman–Crippen MR) is 84.2 cm³/mol. The van der Waals surface area contributed by atoms with Crippen molar-refractivity contribution in [2.75, 3.05) is 13.7 Å². The molecule has 0 atom stereocenters. The monoisotopic (exact) mass is 353 g/mol. The Morgan fingerprint density at radius 1 is 1.24 bits per heavy atom. The van der Waals surface area contributed by atoms with Gasteiger partial charge in [0.05, 0.1) is 7.11 Å². The van der Waals surface area contributed by atoms with Crippen molar-refractivity contribution in [1.82, 2.24) is 0 Å². The molecule has 2 aromatic carbocycles. The number of benzene rings is 2. The highest BCUT2D eigenvalue weighted by Crippen LogP contribution is 2.32. The number of hydrogen-bond donors (Lipinski definition) is 1. The molecule has 0 heterocycles. The summed E-state index contributed by atoms with van der Waals surface area (Å²) in [6.07, 6.45) is 0.694. The highest BCUT2D eigenvalue weighted by atomic mass is 79.9. The van der Waals surface area contributed by atoms with E-state index >= 15 is 0 Å². The fourth-order valence-electron chi connectivity index (χ4n) is 2.09. The zero-order chi connectivity index (χ0) is 15.2. The second kappa shape index (κ2) is 7.43. The quantitative estimate of drug-likeness (QED) is 0.861. The van der Waals surface area contributed by atoms with Crippen LogP contribution < -0.4 is 15.2 Å². The molecule has 0 aliphatic heterocycles. The number of hydrogen-bond acceptors (Lipinski definition) is 3. The van der Waals surface area contributed by atoms with E-state index in [1.807, 2.05) is 24.3 Å². The molecule has 3 nitrogen and oxygen atoms in total. The Morgan fingerprint density at radius 3 is 2.71 bits per heavy atom. The summed E-state index contributed by atoms with van der Waals surface area (Å²) in [5.41, 5.74) is 7.34. The topological polar surface area (TPSA) is 44.5 Å². The van der Waals surface area contributed by atoms with E-state index in [0.29, 0.717) is 28.9 Å². The second-order valence-electron chi connectivity index (χ2n) is 4.55. The smallest absolute Gasteiger partial charge is 0.164 e. The normalized spacial score (nSPS) is 10.5. The largest absolute Gasteiger partial charge is 0.493 e. The third-order valence-corrected chi connectivity index (χ3v) is 3.46. The van der Waals surface area contributed by atoms with Crippen LogP contribution in [0.4, 0.5) is 4.39 Å². The van der Waals surface area contributed by atoms with Gasteiger partial charge in [-0.05, 0) is 48.4 Å². The number of rotatable bonds is 6. The van der Waals surface area contributed by atoms with Gasteiger partial charge >= 0.3 is 0 Å². The lowest BCUT2D eigenvalue weighted by atomic mass is 10.1. The minimum absolute atomic E-state index is 0.258. The lowest BCUT2D eigenvalue weighted by Gasteiger charge is -2.15. The van der Waals surface area contributed by atoms with Crippen LogP contribution in [0.1, 0.15) is 11.1 Å². The Labute approximate surface area is 132 Å². The van der Waals surface area contributed by atoms with E-state index in [4.69, 9.17) is 15.2 Å². The van der Waals surface area contributed by atoms with Crippen LogP contribution in [0, 0.1) is 5.82 Å². The van der Waals surface area contributed by atoms with Crippen molar-refractivity contribution in [3.8, 4) is 11.5 Å². The molecule has 2 aromatic rings. The molecule has 0 unspecified atom stereocenters. The average Bonchev–Trinajstić information content (AvgIpc) is 2.45. The van der Waals surface area contributed by atoms with Gasteiger partial charge in [-0.2, -0.15) is 0 Å². The zero-order valence-corrected chi connectivity index (χ0v) is 13.3. The SMILES string of the molecule is COc1cccc(CCN)c1OCc1cc(F)cc(Br)c1. The van der Waals surface area contributed by atoms with Crippen molar-refractivity contribution in [2.45, 2.75) is 13.0 Å². The predicted octanol–water partition coefficient (Wildman–Crippen LogP) is 3.68. The summed E-state index contributed by atoms with van der Waals surface area (Å²) < 4.78 is 25.2. The molecule has 2 rings (SSSR count). The van der Waals surface area contributed by atoms with E-state index < -0.39 is 0 Å². The molecule has 0 aliphatic carbocycles. The fourth-order valence-corrected chi connectivity index (χ4v) is 2.60. The van der Waals surface area contributed by atoms with Crippen LogP contribution in [-0.4, -0.2) is 13.7 Å². The average molecular weight is 354 g/mol. The molecular formula is C16H17BrFNO2. The van der Waals surface area contributed by atoms with Crippen LogP contribution in [0.25, 0.3) is 0 Å². The van der Waals surface area contributed by atoms with Crippen molar-refractivity contribution >= 4 is 15.9 Å². The fraction of sp³-hybridized carbons (Fsp3) is 0.250. The van der Waals surface area contributed by atoms with Gasteiger partial charge in [0, 0.05) is 4.47 Å². The molecule has 0 aromatic heterocycles. The summed E-state index contributed by atoms with van der Waals surface area (Å²) in [7, 11) is 1.59. The molecule has 0 aliphatic rings. The number of halogens is 2. The molecule has 0 spiro atoms. The van der Waals surface area contributed by atoms with Gasteiger partial charge in [0.15, 0.2) is 11.5 Å².